The molecule has 5 atom stereocenters. The van der Waals surface area contributed by atoms with Crippen LogP contribution in [0.5, 0.6) is 0 Å². The van der Waals surface area contributed by atoms with E-state index in [9.17, 15) is 9.46 Å². The van der Waals surface area contributed by atoms with Crippen molar-refractivity contribution in [3.63, 3.8) is 0 Å². The Balaban J connectivity index is 2.78. The average molecular weight is 294 g/mol. The highest BCUT2D eigenvalue weighted by Crippen LogP contribution is 2.42. The maximum atomic E-state index is 11.4. The Hall–Kier alpha value is 0.0149. The minimum absolute atomic E-state index is 0.116. The van der Waals surface area contributed by atoms with Gasteiger partial charge in [-0.15, -0.1) is 0 Å². The number of rotatable bonds is 8. The Morgan fingerprint density at radius 2 is 2.11 bits per heavy atom. The third kappa shape index (κ3) is 4.80. The highest BCUT2D eigenvalue weighted by molar-refractivity contribution is 7.45. The first-order chi connectivity index (χ1) is 8.95. The summed E-state index contributed by atoms with van der Waals surface area (Å²) >= 11 is 0. The first-order valence-electron chi connectivity index (χ1n) is 5.72. The van der Waals surface area contributed by atoms with Gasteiger partial charge in [0.05, 0.1) is 13.2 Å². The van der Waals surface area contributed by atoms with E-state index < -0.39 is 32.1 Å². The molecule has 1 rings (SSSR count). The molecule has 0 aromatic heterocycles. The molecule has 0 spiro atoms. The second kappa shape index (κ2) is 7.71. The van der Waals surface area contributed by atoms with Crippen molar-refractivity contribution in [2.75, 3.05) is 34.0 Å². The molecule has 0 aromatic carbocycles. The molecule has 1 fully saturated rings. The monoisotopic (exact) mass is 294 g/mol. The maximum Gasteiger partial charge on any atom is 0.268 e. The second-order valence-electron chi connectivity index (χ2n) is 3.92. The molecule has 1 aliphatic heterocycles. The van der Waals surface area contributed by atoms with E-state index in [1.54, 1.807) is 0 Å². The lowest BCUT2D eigenvalue weighted by atomic mass is 9.93. The zero-order valence-electron chi connectivity index (χ0n) is 10.9. The predicted octanol–water partition coefficient (Wildman–Crippen LogP) is -1.63. The first-order valence-corrected chi connectivity index (χ1v) is 7.18. The average Bonchev–Trinajstić information content (AvgIpc) is 2.63. The third-order valence-corrected chi connectivity index (χ3v) is 3.53. The summed E-state index contributed by atoms with van der Waals surface area (Å²) in [7, 11) is 3.76. The van der Waals surface area contributed by atoms with Gasteiger partial charge >= 0.3 is 0 Å². The Bertz CT molecular complexity index is 321. The Kier molecular flexibility index (Phi) is 6.92. The Morgan fingerprint density at radius 1 is 1.42 bits per heavy atom. The second-order valence-corrected chi connectivity index (χ2v) is 5.39. The van der Waals surface area contributed by atoms with E-state index in [0.717, 1.165) is 7.11 Å². The molecule has 1 aliphatic rings. The van der Waals surface area contributed by atoms with E-state index in [2.05, 4.69) is 4.52 Å². The van der Waals surface area contributed by atoms with Crippen molar-refractivity contribution in [3.8, 4) is 0 Å². The van der Waals surface area contributed by atoms with Crippen LogP contribution >= 0.6 is 7.82 Å². The van der Waals surface area contributed by atoms with Crippen LogP contribution in [-0.2, 0) is 27.8 Å². The standard InChI is InChI=1S/C9H19BNO7P/c1-14-5-6-7(18-19(12,13)15-2)8(9(10)17-6)16-4-3-11/h6-9H,3-5,11H2,1-2H3,(H,12,13)/p-1/t6-,7?,8+,9-/m1/s1. The number of phosphoric ester groups is 1. The molecule has 0 aliphatic carbocycles. The predicted molar refractivity (Wildman–Crippen MR) is 64.6 cm³/mol. The van der Waals surface area contributed by atoms with E-state index in [1.807, 2.05) is 0 Å². The van der Waals surface area contributed by atoms with Gasteiger partial charge in [0.25, 0.3) is 7.82 Å². The summed E-state index contributed by atoms with van der Waals surface area (Å²) in [5.74, 6) is 0. The van der Waals surface area contributed by atoms with Crippen LogP contribution in [0.4, 0.5) is 0 Å². The van der Waals surface area contributed by atoms with Crippen LogP contribution in [0.25, 0.3) is 0 Å². The van der Waals surface area contributed by atoms with Crippen LogP contribution in [-0.4, -0.2) is 66.1 Å². The van der Waals surface area contributed by atoms with Gasteiger partial charge < -0.3 is 33.9 Å². The molecule has 0 saturated carbocycles. The number of phosphoric acid groups is 1. The minimum Gasteiger partial charge on any atom is -0.756 e. The molecule has 0 amide bonds. The summed E-state index contributed by atoms with van der Waals surface area (Å²) < 4.78 is 36.3. The van der Waals surface area contributed by atoms with Crippen molar-refractivity contribution in [3.05, 3.63) is 0 Å². The smallest absolute Gasteiger partial charge is 0.268 e. The SMILES string of the molecule is [B][C@@H]1O[C@H](COC)C(OP(=O)([O-])OC)[C@@H]1OCCN. The molecule has 2 radical (unpaired) electrons. The van der Waals surface area contributed by atoms with Gasteiger partial charge in [0.2, 0.25) is 0 Å². The molecule has 2 unspecified atom stereocenters. The molecular weight excluding hydrogens is 276 g/mol. The number of ether oxygens (including phenoxy) is 3. The van der Waals surface area contributed by atoms with Crippen LogP contribution in [0.15, 0.2) is 0 Å². The normalized spacial score (nSPS) is 34.3. The molecule has 8 nitrogen and oxygen atoms in total. The summed E-state index contributed by atoms with van der Waals surface area (Å²) in [4.78, 5) is 11.4. The molecule has 110 valence electrons. The molecule has 1 saturated heterocycles. The third-order valence-electron chi connectivity index (χ3n) is 2.58. The minimum atomic E-state index is -4.43. The largest absolute Gasteiger partial charge is 0.756 e. The molecular formula is C9H18BNO7P-. The summed E-state index contributed by atoms with van der Waals surface area (Å²) in [6, 6.07) is -0.825. The molecule has 1 heterocycles. The molecule has 0 bridgehead atoms. The number of nitrogens with two attached hydrogens (primary N) is 1. The lowest BCUT2D eigenvalue weighted by Crippen LogP contribution is -2.40. The lowest BCUT2D eigenvalue weighted by Gasteiger charge is -2.30. The maximum absolute atomic E-state index is 11.4. The molecule has 0 aromatic rings. The van der Waals surface area contributed by atoms with Crippen LogP contribution < -0.4 is 10.6 Å². The number of hydrogen-bond acceptors (Lipinski definition) is 8. The fourth-order valence-electron chi connectivity index (χ4n) is 1.77. The summed E-state index contributed by atoms with van der Waals surface area (Å²) in [6.45, 7) is 0.589. The van der Waals surface area contributed by atoms with Gasteiger partial charge in [-0.2, -0.15) is 0 Å². The van der Waals surface area contributed by atoms with Crippen molar-refractivity contribution in [2.24, 2.45) is 5.73 Å². The molecule has 10 heteroatoms. The van der Waals surface area contributed by atoms with E-state index in [-0.39, 0.29) is 19.8 Å². The van der Waals surface area contributed by atoms with Gasteiger partial charge in [-0.3, -0.25) is 4.57 Å². The van der Waals surface area contributed by atoms with Crippen molar-refractivity contribution in [1.29, 1.82) is 0 Å². The van der Waals surface area contributed by atoms with Crippen molar-refractivity contribution in [1.82, 2.24) is 0 Å². The van der Waals surface area contributed by atoms with Gasteiger partial charge in [0, 0.05) is 26.8 Å². The Labute approximate surface area is 113 Å². The van der Waals surface area contributed by atoms with Gasteiger partial charge in [-0.1, -0.05) is 0 Å². The van der Waals surface area contributed by atoms with Crippen LogP contribution in [0.1, 0.15) is 0 Å². The fourth-order valence-corrected chi connectivity index (χ4v) is 2.41. The molecule has 2 N–H and O–H groups in total. The first kappa shape index (κ1) is 17.1. The van der Waals surface area contributed by atoms with Crippen molar-refractivity contribution in [2.45, 2.75) is 24.3 Å². The van der Waals surface area contributed by atoms with Crippen LogP contribution in [0.3, 0.4) is 0 Å². The van der Waals surface area contributed by atoms with Crippen LogP contribution in [0.2, 0.25) is 0 Å². The van der Waals surface area contributed by atoms with Gasteiger partial charge in [0.1, 0.15) is 26.2 Å². The highest BCUT2D eigenvalue weighted by atomic mass is 31.2. The van der Waals surface area contributed by atoms with Crippen molar-refractivity contribution >= 4 is 15.7 Å². The van der Waals surface area contributed by atoms with E-state index in [4.69, 9.17) is 32.3 Å². The quantitative estimate of drug-likeness (QED) is 0.419. The Morgan fingerprint density at radius 3 is 2.63 bits per heavy atom. The summed E-state index contributed by atoms with van der Waals surface area (Å²) in [6.07, 6.45) is -2.37. The number of hydrogen-bond donors (Lipinski definition) is 1. The van der Waals surface area contributed by atoms with Gasteiger partial charge in [-0.05, 0) is 0 Å². The fraction of sp³-hybridized carbons (Fsp3) is 1.00. The van der Waals surface area contributed by atoms with Gasteiger partial charge in [-0.25, -0.2) is 0 Å². The van der Waals surface area contributed by atoms with Crippen molar-refractivity contribution < 1.29 is 32.7 Å². The lowest BCUT2D eigenvalue weighted by molar-refractivity contribution is -0.232. The van der Waals surface area contributed by atoms with E-state index in [1.165, 1.54) is 7.11 Å². The number of methoxy groups -OCH3 is 1. The zero-order chi connectivity index (χ0) is 14.5. The summed E-state index contributed by atoms with van der Waals surface area (Å²) in [5.41, 5.74) is 5.33. The zero-order valence-corrected chi connectivity index (χ0v) is 11.8. The van der Waals surface area contributed by atoms with E-state index >= 15 is 0 Å². The van der Waals surface area contributed by atoms with Crippen LogP contribution in [0, 0.1) is 0 Å². The van der Waals surface area contributed by atoms with Gasteiger partial charge in [0.15, 0.2) is 0 Å². The summed E-state index contributed by atoms with van der Waals surface area (Å²) in [5, 5.41) is 0. The highest BCUT2D eigenvalue weighted by Gasteiger charge is 2.45. The topological polar surface area (TPSA) is 112 Å². The molecule has 19 heavy (non-hydrogen) atoms. The van der Waals surface area contributed by atoms with E-state index in [0.29, 0.717) is 0 Å².